The first kappa shape index (κ1) is 12.7. The predicted octanol–water partition coefficient (Wildman–Crippen LogP) is 1.54. The number of nitrogens with two attached hydrogens (primary N) is 1. The Morgan fingerprint density at radius 1 is 1.06 bits per heavy atom. The van der Waals surface area contributed by atoms with Crippen LogP contribution in [0.4, 0.5) is 0 Å². The third-order valence-electron chi connectivity index (χ3n) is 4.19. The van der Waals surface area contributed by atoms with E-state index in [0.717, 1.165) is 6.04 Å². The van der Waals surface area contributed by atoms with E-state index in [1.165, 1.54) is 58.4 Å². The number of hydrogen-bond donors (Lipinski definition) is 1. The molecule has 2 saturated heterocycles. The smallest absolute Gasteiger partial charge is 0.0215 e. The number of nitrogens with zero attached hydrogens (tertiary/aromatic N) is 2. The Labute approximate surface area is 104 Å². The van der Waals surface area contributed by atoms with Crippen molar-refractivity contribution in [2.45, 2.75) is 43.9 Å². The summed E-state index contributed by atoms with van der Waals surface area (Å²) < 4.78 is 0. The molecule has 2 fully saturated rings. The summed E-state index contributed by atoms with van der Waals surface area (Å²) in [7, 11) is 0. The Balaban J connectivity index is 1.73. The van der Waals surface area contributed by atoms with Gasteiger partial charge in [0.1, 0.15) is 0 Å². The van der Waals surface area contributed by atoms with Crippen molar-refractivity contribution >= 4 is 11.9 Å². The molecule has 2 aliphatic rings. The van der Waals surface area contributed by atoms with Gasteiger partial charge in [-0.05, 0) is 58.4 Å². The summed E-state index contributed by atoms with van der Waals surface area (Å²) in [5, 5.41) is 6.37. The number of hydrogen-bond acceptors (Lipinski definition) is 4. The van der Waals surface area contributed by atoms with Crippen LogP contribution < -0.4 is 5.14 Å². The Hall–Kier alpha value is 0.230. The lowest BCUT2D eigenvalue weighted by atomic mass is 10.00. The van der Waals surface area contributed by atoms with Gasteiger partial charge < -0.3 is 9.80 Å². The minimum absolute atomic E-state index is 0.715. The molecule has 2 N–H and O–H groups in total. The first-order valence-corrected chi connectivity index (χ1v) is 7.59. The van der Waals surface area contributed by atoms with Gasteiger partial charge in [-0.2, -0.15) is 0 Å². The van der Waals surface area contributed by atoms with E-state index in [-0.39, 0.29) is 0 Å². The van der Waals surface area contributed by atoms with Gasteiger partial charge >= 0.3 is 0 Å². The molecule has 4 heteroatoms. The van der Waals surface area contributed by atoms with Gasteiger partial charge in [-0.1, -0.05) is 18.9 Å². The highest BCUT2D eigenvalue weighted by molar-refractivity contribution is 7.97. The van der Waals surface area contributed by atoms with Crippen LogP contribution in [0, 0.1) is 0 Å². The van der Waals surface area contributed by atoms with Gasteiger partial charge in [0.25, 0.3) is 0 Å². The van der Waals surface area contributed by atoms with Crippen LogP contribution in [0.25, 0.3) is 0 Å². The average Bonchev–Trinajstić information content (AvgIpc) is 2.39. The predicted molar refractivity (Wildman–Crippen MR) is 71.5 cm³/mol. The highest BCUT2D eigenvalue weighted by atomic mass is 32.2. The number of piperidine rings is 2. The third kappa shape index (κ3) is 3.13. The van der Waals surface area contributed by atoms with Crippen molar-refractivity contribution in [2.75, 3.05) is 32.7 Å². The van der Waals surface area contributed by atoms with E-state index in [9.17, 15) is 0 Å². The second-order valence-corrected chi connectivity index (χ2v) is 5.98. The minimum atomic E-state index is 0.715. The van der Waals surface area contributed by atoms with Crippen molar-refractivity contribution in [1.29, 1.82) is 0 Å². The number of likely N-dealkylation sites (tertiary alicyclic amines) is 2. The second-order valence-electron chi connectivity index (χ2n) is 5.04. The molecule has 0 atom stereocenters. The molecule has 2 heterocycles. The van der Waals surface area contributed by atoms with Crippen molar-refractivity contribution in [3.63, 3.8) is 0 Å². The summed E-state index contributed by atoms with van der Waals surface area (Å²) in [6, 6.07) is 0.853. The molecular formula is C12H25N3S. The first-order valence-electron chi connectivity index (χ1n) is 6.65. The van der Waals surface area contributed by atoms with Crippen LogP contribution >= 0.6 is 11.9 Å². The molecule has 16 heavy (non-hydrogen) atoms. The van der Waals surface area contributed by atoms with E-state index < -0.39 is 0 Å². The maximum absolute atomic E-state index is 5.65. The Morgan fingerprint density at radius 3 is 2.19 bits per heavy atom. The topological polar surface area (TPSA) is 32.5 Å². The molecule has 0 aromatic rings. The van der Waals surface area contributed by atoms with Crippen molar-refractivity contribution in [3.05, 3.63) is 0 Å². The van der Waals surface area contributed by atoms with Crippen LogP contribution in [0.1, 0.15) is 32.6 Å². The van der Waals surface area contributed by atoms with Gasteiger partial charge in [-0.25, -0.2) is 0 Å². The monoisotopic (exact) mass is 243 g/mol. The highest BCUT2D eigenvalue weighted by Gasteiger charge is 2.27. The fourth-order valence-corrected chi connectivity index (χ4v) is 3.46. The van der Waals surface area contributed by atoms with E-state index >= 15 is 0 Å². The SMILES string of the molecule is CCN1CCC(N2CCC(SN)CC2)CC1. The summed E-state index contributed by atoms with van der Waals surface area (Å²) in [5.41, 5.74) is 0. The zero-order valence-corrected chi connectivity index (χ0v) is 11.2. The van der Waals surface area contributed by atoms with E-state index in [1.54, 1.807) is 11.9 Å². The number of rotatable bonds is 3. The van der Waals surface area contributed by atoms with Crippen LogP contribution in [0.5, 0.6) is 0 Å². The van der Waals surface area contributed by atoms with Crippen molar-refractivity contribution < 1.29 is 0 Å². The van der Waals surface area contributed by atoms with Crippen molar-refractivity contribution in [2.24, 2.45) is 5.14 Å². The van der Waals surface area contributed by atoms with Gasteiger partial charge in [-0.15, -0.1) is 0 Å². The molecule has 0 saturated carbocycles. The quantitative estimate of drug-likeness (QED) is 0.762. The highest BCUT2D eigenvalue weighted by Crippen LogP contribution is 2.24. The molecule has 0 aromatic heterocycles. The lowest BCUT2D eigenvalue weighted by Crippen LogP contribution is -2.48. The molecular weight excluding hydrogens is 218 g/mol. The normalized spacial score (nSPS) is 27.4. The van der Waals surface area contributed by atoms with Gasteiger partial charge in [0, 0.05) is 11.3 Å². The molecule has 0 aromatic carbocycles. The zero-order chi connectivity index (χ0) is 11.4. The zero-order valence-electron chi connectivity index (χ0n) is 10.4. The van der Waals surface area contributed by atoms with Crippen molar-refractivity contribution in [1.82, 2.24) is 9.80 Å². The summed E-state index contributed by atoms with van der Waals surface area (Å²) >= 11 is 1.56. The van der Waals surface area contributed by atoms with Gasteiger partial charge in [0.2, 0.25) is 0 Å². The van der Waals surface area contributed by atoms with E-state index in [0.29, 0.717) is 5.25 Å². The molecule has 2 rings (SSSR count). The largest absolute Gasteiger partial charge is 0.303 e. The molecule has 0 spiro atoms. The second kappa shape index (κ2) is 6.24. The molecule has 0 unspecified atom stereocenters. The average molecular weight is 243 g/mol. The molecule has 2 aliphatic heterocycles. The van der Waals surface area contributed by atoms with Gasteiger partial charge in [0.15, 0.2) is 0 Å². The summed E-state index contributed by atoms with van der Waals surface area (Å²) in [5.74, 6) is 0. The van der Waals surface area contributed by atoms with E-state index in [1.807, 2.05) is 0 Å². The van der Waals surface area contributed by atoms with E-state index in [2.05, 4.69) is 16.7 Å². The van der Waals surface area contributed by atoms with Crippen LogP contribution in [0.3, 0.4) is 0 Å². The fourth-order valence-electron chi connectivity index (χ4n) is 2.98. The van der Waals surface area contributed by atoms with Crippen LogP contribution in [-0.2, 0) is 0 Å². The Kier molecular flexibility index (Phi) is 4.95. The summed E-state index contributed by atoms with van der Waals surface area (Å²) in [6.45, 7) is 8.62. The Bertz CT molecular complexity index is 174. The molecule has 3 nitrogen and oxygen atoms in total. The fraction of sp³-hybridized carbons (Fsp3) is 1.00. The standard InChI is InChI=1S/C12H25N3S/c1-2-14-7-3-11(4-8-14)15-9-5-12(16-13)6-10-15/h11-12H,2-10,13H2,1H3. The lowest BCUT2D eigenvalue weighted by molar-refractivity contribution is 0.0964. The van der Waals surface area contributed by atoms with Crippen LogP contribution in [0.15, 0.2) is 0 Å². The minimum Gasteiger partial charge on any atom is -0.303 e. The van der Waals surface area contributed by atoms with Gasteiger partial charge in [-0.3, -0.25) is 5.14 Å². The summed E-state index contributed by atoms with van der Waals surface area (Å²) in [6.07, 6.45) is 5.31. The lowest BCUT2D eigenvalue weighted by Gasteiger charge is -2.41. The molecule has 0 aliphatic carbocycles. The van der Waals surface area contributed by atoms with Gasteiger partial charge in [0.05, 0.1) is 0 Å². The van der Waals surface area contributed by atoms with E-state index in [4.69, 9.17) is 5.14 Å². The molecule has 0 bridgehead atoms. The molecule has 0 radical (unpaired) electrons. The first-order chi connectivity index (χ1) is 7.83. The third-order valence-corrected chi connectivity index (χ3v) is 5.05. The molecule has 0 amide bonds. The van der Waals surface area contributed by atoms with Crippen molar-refractivity contribution in [3.8, 4) is 0 Å². The maximum Gasteiger partial charge on any atom is 0.0215 e. The maximum atomic E-state index is 5.65. The van der Waals surface area contributed by atoms with Crippen LogP contribution in [-0.4, -0.2) is 53.8 Å². The molecule has 94 valence electrons. The Morgan fingerprint density at radius 2 is 1.69 bits per heavy atom. The van der Waals surface area contributed by atoms with Crippen LogP contribution in [0.2, 0.25) is 0 Å². The summed E-state index contributed by atoms with van der Waals surface area (Å²) in [4.78, 5) is 5.28.